The van der Waals surface area contributed by atoms with E-state index in [2.05, 4.69) is 4.57 Å². The van der Waals surface area contributed by atoms with E-state index in [1.54, 1.807) is 6.07 Å². The van der Waals surface area contributed by atoms with Crippen LogP contribution < -0.4 is 5.73 Å². The van der Waals surface area contributed by atoms with Crippen LogP contribution in [0.15, 0.2) is 36.5 Å². The Morgan fingerprint density at radius 1 is 1.31 bits per heavy atom. The Bertz CT molecular complexity index is 488. The second-order valence-electron chi connectivity index (χ2n) is 3.90. The van der Waals surface area contributed by atoms with E-state index >= 15 is 0 Å². The molecule has 0 aliphatic carbocycles. The van der Waals surface area contributed by atoms with Crippen molar-refractivity contribution >= 4 is 0 Å². The summed E-state index contributed by atoms with van der Waals surface area (Å²) >= 11 is 0. The molecule has 0 aliphatic heterocycles. The van der Waals surface area contributed by atoms with Crippen LogP contribution in [0.1, 0.15) is 16.8 Å². The van der Waals surface area contributed by atoms with Gasteiger partial charge < -0.3 is 10.3 Å². The highest BCUT2D eigenvalue weighted by molar-refractivity contribution is 5.27. The van der Waals surface area contributed by atoms with Crippen molar-refractivity contribution in [1.29, 1.82) is 0 Å². The minimum Gasteiger partial charge on any atom is -0.346 e. The van der Waals surface area contributed by atoms with Crippen molar-refractivity contribution in [2.75, 3.05) is 0 Å². The first kappa shape index (κ1) is 10.9. The van der Waals surface area contributed by atoms with Crippen LogP contribution in [0.3, 0.4) is 0 Å². The highest BCUT2D eigenvalue weighted by Gasteiger charge is 2.03. The summed E-state index contributed by atoms with van der Waals surface area (Å²) in [5, 5.41) is 0. The van der Waals surface area contributed by atoms with Gasteiger partial charge in [0.2, 0.25) is 0 Å². The van der Waals surface area contributed by atoms with Crippen molar-refractivity contribution in [3.63, 3.8) is 0 Å². The van der Waals surface area contributed by atoms with Gasteiger partial charge in [0, 0.05) is 25.0 Å². The molecule has 0 aliphatic rings. The largest absolute Gasteiger partial charge is 0.346 e. The third-order valence-corrected chi connectivity index (χ3v) is 2.78. The molecule has 1 aromatic carbocycles. The van der Waals surface area contributed by atoms with Crippen molar-refractivity contribution in [2.24, 2.45) is 5.73 Å². The van der Waals surface area contributed by atoms with E-state index in [1.807, 2.05) is 31.3 Å². The van der Waals surface area contributed by atoms with Gasteiger partial charge in [-0.15, -0.1) is 0 Å². The minimum absolute atomic E-state index is 0.187. The van der Waals surface area contributed by atoms with E-state index in [9.17, 15) is 4.39 Å². The standard InChI is InChI=1S/C13H15FN2/c1-10-7-12(14)5-4-11(10)9-16-6-2-3-13(16)8-15/h2-7H,8-9,15H2,1H3. The van der Waals surface area contributed by atoms with Crippen molar-refractivity contribution in [3.05, 3.63) is 59.2 Å². The van der Waals surface area contributed by atoms with E-state index in [-0.39, 0.29) is 5.82 Å². The molecule has 2 aromatic rings. The van der Waals surface area contributed by atoms with Gasteiger partial charge in [-0.25, -0.2) is 4.39 Å². The number of aryl methyl sites for hydroxylation is 1. The normalized spacial score (nSPS) is 10.7. The molecule has 84 valence electrons. The smallest absolute Gasteiger partial charge is 0.123 e. The second kappa shape index (κ2) is 4.49. The summed E-state index contributed by atoms with van der Waals surface area (Å²) in [5.74, 6) is -0.187. The van der Waals surface area contributed by atoms with Crippen LogP contribution in [-0.2, 0) is 13.1 Å². The van der Waals surface area contributed by atoms with Gasteiger partial charge in [0.25, 0.3) is 0 Å². The summed E-state index contributed by atoms with van der Waals surface area (Å²) in [6, 6.07) is 8.85. The fourth-order valence-electron chi connectivity index (χ4n) is 1.81. The lowest BCUT2D eigenvalue weighted by molar-refractivity contribution is 0.624. The maximum atomic E-state index is 12.9. The molecule has 2 nitrogen and oxygen atoms in total. The van der Waals surface area contributed by atoms with Crippen molar-refractivity contribution < 1.29 is 4.39 Å². The Labute approximate surface area is 94.5 Å². The Morgan fingerprint density at radius 2 is 2.12 bits per heavy atom. The quantitative estimate of drug-likeness (QED) is 0.842. The van der Waals surface area contributed by atoms with Crippen LogP contribution >= 0.6 is 0 Å². The van der Waals surface area contributed by atoms with Crippen molar-refractivity contribution in [3.8, 4) is 0 Å². The van der Waals surface area contributed by atoms with Gasteiger partial charge in [-0.05, 0) is 42.3 Å². The molecule has 0 fully saturated rings. The van der Waals surface area contributed by atoms with Gasteiger partial charge in [0.1, 0.15) is 5.82 Å². The number of benzene rings is 1. The van der Waals surface area contributed by atoms with Crippen molar-refractivity contribution in [2.45, 2.75) is 20.0 Å². The van der Waals surface area contributed by atoms with Crippen LogP contribution in [0.2, 0.25) is 0 Å². The first-order valence-electron chi connectivity index (χ1n) is 5.30. The van der Waals surface area contributed by atoms with Gasteiger partial charge in [-0.1, -0.05) is 6.07 Å². The highest BCUT2D eigenvalue weighted by atomic mass is 19.1. The van der Waals surface area contributed by atoms with E-state index in [1.165, 1.54) is 6.07 Å². The van der Waals surface area contributed by atoms with Gasteiger partial charge >= 0.3 is 0 Å². The number of aromatic nitrogens is 1. The van der Waals surface area contributed by atoms with E-state index in [0.717, 1.165) is 23.4 Å². The van der Waals surface area contributed by atoms with Gasteiger partial charge in [-0.2, -0.15) is 0 Å². The first-order chi connectivity index (χ1) is 7.70. The molecule has 3 heteroatoms. The predicted octanol–water partition coefficient (Wildman–Crippen LogP) is 2.44. The van der Waals surface area contributed by atoms with E-state index in [4.69, 9.17) is 5.73 Å². The van der Waals surface area contributed by atoms with Gasteiger partial charge in [0.05, 0.1) is 0 Å². The number of nitrogens with two attached hydrogens (primary N) is 1. The van der Waals surface area contributed by atoms with Gasteiger partial charge in [-0.3, -0.25) is 0 Å². The Hall–Kier alpha value is -1.61. The highest BCUT2D eigenvalue weighted by Crippen LogP contribution is 2.13. The summed E-state index contributed by atoms with van der Waals surface area (Å²) in [5.41, 5.74) is 8.80. The Morgan fingerprint density at radius 3 is 2.81 bits per heavy atom. The Balaban J connectivity index is 2.27. The second-order valence-corrected chi connectivity index (χ2v) is 3.90. The molecule has 1 heterocycles. The summed E-state index contributed by atoms with van der Waals surface area (Å²) in [4.78, 5) is 0. The molecule has 0 spiro atoms. The molecule has 2 N–H and O–H groups in total. The SMILES string of the molecule is Cc1cc(F)ccc1Cn1cccc1CN. The van der Waals surface area contributed by atoms with Gasteiger partial charge in [0.15, 0.2) is 0 Å². The zero-order chi connectivity index (χ0) is 11.5. The number of hydrogen-bond acceptors (Lipinski definition) is 1. The number of rotatable bonds is 3. The lowest BCUT2D eigenvalue weighted by atomic mass is 10.1. The number of nitrogens with zero attached hydrogens (tertiary/aromatic N) is 1. The van der Waals surface area contributed by atoms with Crippen LogP contribution in [-0.4, -0.2) is 4.57 Å². The molecule has 0 saturated heterocycles. The van der Waals surface area contributed by atoms with E-state index < -0.39 is 0 Å². The fourth-order valence-corrected chi connectivity index (χ4v) is 1.81. The molecular weight excluding hydrogens is 203 g/mol. The molecule has 0 atom stereocenters. The molecule has 0 saturated carbocycles. The molecule has 0 radical (unpaired) electrons. The lowest BCUT2D eigenvalue weighted by Crippen LogP contribution is -2.08. The fraction of sp³-hybridized carbons (Fsp3) is 0.231. The number of hydrogen-bond donors (Lipinski definition) is 1. The maximum absolute atomic E-state index is 12.9. The number of halogens is 1. The summed E-state index contributed by atoms with van der Waals surface area (Å²) in [6.07, 6.45) is 1.99. The molecule has 2 rings (SSSR count). The minimum atomic E-state index is -0.187. The van der Waals surface area contributed by atoms with E-state index in [0.29, 0.717) is 6.54 Å². The molecule has 0 amide bonds. The average molecular weight is 218 g/mol. The molecule has 1 aromatic heterocycles. The lowest BCUT2D eigenvalue weighted by Gasteiger charge is -2.10. The monoisotopic (exact) mass is 218 g/mol. The zero-order valence-corrected chi connectivity index (χ0v) is 9.28. The third-order valence-electron chi connectivity index (χ3n) is 2.78. The molecule has 0 bridgehead atoms. The molecule has 16 heavy (non-hydrogen) atoms. The Kier molecular flexibility index (Phi) is 3.06. The first-order valence-corrected chi connectivity index (χ1v) is 5.30. The maximum Gasteiger partial charge on any atom is 0.123 e. The summed E-state index contributed by atoms with van der Waals surface area (Å²) in [7, 11) is 0. The van der Waals surface area contributed by atoms with Crippen LogP contribution in [0.4, 0.5) is 4.39 Å². The topological polar surface area (TPSA) is 30.9 Å². The van der Waals surface area contributed by atoms with Crippen molar-refractivity contribution in [1.82, 2.24) is 4.57 Å². The summed E-state index contributed by atoms with van der Waals surface area (Å²) < 4.78 is 15.0. The van der Waals surface area contributed by atoms with Crippen LogP contribution in [0.5, 0.6) is 0 Å². The molecule has 0 unspecified atom stereocenters. The predicted molar refractivity (Wildman–Crippen MR) is 62.6 cm³/mol. The summed E-state index contributed by atoms with van der Waals surface area (Å²) in [6.45, 7) is 3.18. The van der Waals surface area contributed by atoms with Crippen LogP contribution in [0.25, 0.3) is 0 Å². The third kappa shape index (κ3) is 2.14. The van der Waals surface area contributed by atoms with Crippen LogP contribution in [0, 0.1) is 12.7 Å². The zero-order valence-electron chi connectivity index (χ0n) is 9.28. The average Bonchev–Trinajstić information content (AvgIpc) is 2.69. The molecular formula is C13H15FN2.